The van der Waals surface area contributed by atoms with Crippen molar-refractivity contribution in [2.24, 2.45) is 4.99 Å². The van der Waals surface area contributed by atoms with Crippen molar-refractivity contribution in [2.45, 2.75) is 20.4 Å². The molecule has 0 bridgehead atoms. The van der Waals surface area contributed by atoms with Crippen molar-refractivity contribution < 1.29 is 19.0 Å². The highest BCUT2D eigenvalue weighted by Crippen LogP contribution is 2.22. The van der Waals surface area contributed by atoms with Crippen LogP contribution in [0.25, 0.3) is 10.2 Å². The molecule has 0 unspecified atom stereocenters. The van der Waals surface area contributed by atoms with Crippen LogP contribution >= 0.6 is 11.3 Å². The number of fused-ring (bicyclic) bond motifs is 1. The summed E-state index contributed by atoms with van der Waals surface area (Å²) in [4.78, 5) is 17.4. The lowest BCUT2D eigenvalue weighted by molar-refractivity contribution is -0.120. The first-order valence-corrected chi connectivity index (χ1v) is 9.77. The molecule has 3 rings (SSSR count). The van der Waals surface area contributed by atoms with Gasteiger partial charge in [0.15, 0.2) is 11.4 Å². The quantitative estimate of drug-likeness (QED) is 0.609. The zero-order chi connectivity index (χ0) is 20.1. The fourth-order valence-electron chi connectivity index (χ4n) is 2.78. The Balaban J connectivity index is 1.87. The first-order valence-electron chi connectivity index (χ1n) is 8.95. The van der Waals surface area contributed by atoms with E-state index in [9.17, 15) is 4.79 Å². The summed E-state index contributed by atoms with van der Waals surface area (Å²) in [5.74, 6) is 0.904. The van der Waals surface area contributed by atoms with E-state index in [1.54, 1.807) is 26.4 Å². The lowest BCUT2D eigenvalue weighted by atomic mass is 10.1. The highest BCUT2D eigenvalue weighted by atomic mass is 32.1. The summed E-state index contributed by atoms with van der Waals surface area (Å²) in [6.45, 7) is 5.20. The molecule has 0 aliphatic carbocycles. The van der Waals surface area contributed by atoms with Gasteiger partial charge in [0.05, 0.1) is 23.9 Å². The maximum atomic E-state index is 12.4. The SMILES string of the molecule is COCCn1c(=NC(=O)COc2cccc(OC)c2)sc2cc(C)c(C)cc21. The number of carbonyl (C=O) groups excluding carboxylic acids is 1. The Morgan fingerprint density at radius 3 is 2.61 bits per heavy atom. The molecule has 28 heavy (non-hydrogen) atoms. The van der Waals surface area contributed by atoms with E-state index in [0.29, 0.717) is 29.5 Å². The van der Waals surface area contributed by atoms with Crippen LogP contribution in [0.4, 0.5) is 0 Å². The molecule has 0 aliphatic rings. The van der Waals surface area contributed by atoms with E-state index in [-0.39, 0.29) is 12.5 Å². The van der Waals surface area contributed by atoms with Gasteiger partial charge in [0.1, 0.15) is 11.5 Å². The van der Waals surface area contributed by atoms with Crippen LogP contribution in [-0.2, 0) is 16.1 Å². The summed E-state index contributed by atoms with van der Waals surface area (Å²) in [6.07, 6.45) is 0. The fourth-order valence-corrected chi connectivity index (χ4v) is 3.93. The predicted molar refractivity (Wildman–Crippen MR) is 110 cm³/mol. The number of carbonyl (C=O) groups is 1. The summed E-state index contributed by atoms with van der Waals surface area (Å²) in [5.41, 5.74) is 3.48. The number of hydrogen-bond donors (Lipinski definition) is 0. The molecule has 0 saturated heterocycles. The van der Waals surface area contributed by atoms with E-state index in [0.717, 1.165) is 10.2 Å². The van der Waals surface area contributed by atoms with Crippen LogP contribution in [0.1, 0.15) is 11.1 Å². The minimum atomic E-state index is -0.339. The monoisotopic (exact) mass is 400 g/mol. The Hall–Kier alpha value is -2.64. The average Bonchev–Trinajstić information content (AvgIpc) is 3.01. The van der Waals surface area contributed by atoms with Gasteiger partial charge in [0.25, 0.3) is 5.91 Å². The molecular weight excluding hydrogens is 376 g/mol. The topological polar surface area (TPSA) is 62.1 Å². The number of hydrogen-bond acceptors (Lipinski definition) is 5. The molecular formula is C21H24N2O4S. The lowest BCUT2D eigenvalue weighted by Gasteiger charge is -2.07. The van der Waals surface area contributed by atoms with Crippen molar-refractivity contribution in [3.8, 4) is 11.5 Å². The van der Waals surface area contributed by atoms with Gasteiger partial charge in [-0.3, -0.25) is 4.79 Å². The Kier molecular flexibility index (Phi) is 6.49. The number of amides is 1. The third-order valence-corrected chi connectivity index (χ3v) is 5.48. The molecule has 0 spiro atoms. The van der Waals surface area contributed by atoms with Crippen molar-refractivity contribution >= 4 is 27.5 Å². The molecule has 2 aromatic carbocycles. The zero-order valence-corrected chi connectivity index (χ0v) is 17.3. The predicted octanol–water partition coefficient (Wildman–Crippen LogP) is 3.48. The van der Waals surface area contributed by atoms with Crippen molar-refractivity contribution in [1.29, 1.82) is 0 Å². The van der Waals surface area contributed by atoms with E-state index >= 15 is 0 Å². The second-order valence-electron chi connectivity index (χ2n) is 6.41. The normalized spacial score (nSPS) is 11.8. The molecule has 1 amide bonds. The average molecular weight is 401 g/mol. The molecule has 0 saturated carbocycles. The minimum absolute atomic E-state index is 0.135. The second kappa shape index (κ2) is 9.03. The smallest absolute Gasteiger partial charge is 0.286 e. The maximum Gasteiger partial charge on any atom is 0.286 e. The van der Waals surface area contributed by atoms with E-state index in [2.05, 4.69) is 31.0 Å². The number of nitrogens with zero attached hydrogens (tertiary/aromatic N) is 2. The molecule has 1 aromatic heterocycles. The van der Waals surface area contributed by atoms with E-state index in [1.165, 1.54) is 22.5 Å². The molecule has 0 atom stereocenters. The maximum absolute atomic E-state index is 12.4. The largest absolute Gasteiger partial charge is 0.497 e. The van der Waals surface area contributed by atoms with Gasteiger partial charge in [-0.2, -0.15) is 4.99 Å². The van der Waals surface area contributed by atoms with Gasteiger partial charge in [-0.15, -0.1) is 0 Å². The third kappa shape index (κ3) is 4.61. The Morgan fingerprint density at radius 1 is 1.11 bits per heavy atom. The van der Waals surface area contributed by atoms with Crippen LogP contribution in [0.15, 0.2) is 41.4 Å². The first-order chi connectivity index (χ1) is 13.5. The molecule has 0 aliphatic heterocycles. The van der Waals surface area contributed by atoms with Gasteiger partial charge >= 0.3 is 0 Å². The Morgan fingerprint density at radius 2 is 1.86 bits per heavy atom. The van der Waals surface area contributed by atoms with E-state index < -0.39 is 0 Å². The highest BCUT2D eigenvalue weighted by Gasteiger charge is 2.10. The highest BCUT2D eigenvalue weighted by molar-refractivity contribution is 7.16. The van der Waals surface area contributed by atoms with Crippen LogP contribution in [0, 0.1) is 13.8 Å². The van der Waals surface area contributed by atoms with Crippen LogP contribution in [0.2, 0.25) is 0 Å². The number of ether oxygens (including phenoxy) is 3. The summed E-state index contributed by atoms with van der Waals surface area (Å²) < 4.78 is 19.1. The summed E-state index contributed by atoms with van der Waals surface area (Å²) in [6, 6.07) is 11.4. The summed E-state index contributed by atoms with van der Waals surface area (Å²) >= 11 is 1.50. The Bertz CT molecular complexity index is 1050. The number of methoxy groups -OCH3 is 2. The van der Waals surface area contributed by atoms with E-state index in [4.69, 9.17) is 14.2 Å². The number of aryl methyl sites for hydroxylation is 2. The van der Waals surface area contributed by atoms with E-state index in [1.807, 2.05) is 16.7 Å². The van der Waals surface area contributed by atoms with Crippen LogP contribution < -0.4 is 14.3 Å². The van der Waals surface area contributed by atoms with Gasteiger partial charge in [0, 0.05) is 19.7 Å². The van der Waals surface area contributed by atoms with Crippen molar-refractivity contribution in [3.63, 3.8) is 0 Å². The van der Waals surface area contributed by atoms with Crippen molar-refractivity contribution in [3.05, 3.63) is 52.3 Å². The minimum Gasteiger partial charge on any atom is -0.497 e. The summed E-state index contributed by atoms with van der Waals surface area (Å²) in [7, 11) is 3.25. The summed E-state index contributed by atoms with van der Waals surface area (Å²) in [5, 5.41) is 0. The van der Waals surface area contributed by atoms with Crippen LogP contribution in [0.5, 0.6) is 11.5 Å². The number of benzene rings is 2. The van der Waals surface area contributed by atoms with Crippen LogP contribution in [0.3, 0.4) is 0 Å². The molecule has 7 heteroatoms. The standard InChI is InChI=1S/C21H24N2O4S/c1-14-10-18-19(11-15(14)2)28-21(23(18)8-9-25-3)22-20(24)13-27-17-7-5-6-16(12-17)26-4/h5-7,10-12H,8-9,13H2,1-4H3. The van der Waals surface area contributed by atoms with Crippen molar-refractivity contribution in [2.75, 3.05) is 27.4 Å². The van der Waals surface area contributed by atoms with Crippen molar-refractivity contribution in [1.82, 2.24) is 4.57 Å². The lowest BCUT2D eigenvalue weighted by Crippen LogP contribution is -2.21. The number of rotatable bonds is 7. The third-order valence-electron chi connectivity index (χ3n) is 4.44. The van der Waals surface area contributed by atoms with Gasteiger partial charge in [-0.1, -0.05) is 17.4 Å². The molecule has 1 heterocycles. The van der Waals surface area contributed by atoms with Gasteiger partial charge in [-0.05, 0) is 49.2 Å². The van der Waals surface area contributed by atoms with Crippen LogP contribution in [-0.4, -0.2) is 37.9 Å². The molecule has 6 nitrogen and oxygen atoms in total. The fraction of sp³-hybridized carbons (Fsp3) is 0.333. The second-order valence-corrected chi connectivity index (χ2v) is 7.42. The first kappa shape index (κ1) is 20.1. The van der Waals surface area contributed by atoms with Gasteiger partial charge in [0.2, 0.25) is 0 Å². The molecule has 148 valence electrons. The molecule has 0 radical (unpaired) electrons. The molecule has 3 aromatic rings. The number of aromatic nitrogens is 1. The van der Waals surface area contributed by atoms with Gasteiger partial charge in [-0.25, -0.2) is 0 Å². The molecule has 0 N–H and O–H groups in total. The molecule has 0 fully saturated rings. The zero-order valence-electron chi connectivity index (χ0n) is 16.5. The Labute approximate surface area is 168 Å². The van der Waals surface area contributed by atoms with Gasteiger partial charge < -0.3 is 18.8 Å². The number of thiazole rings is 1.